The molecule has 5 nitrogen and oxygen atoms in total. The molecule has 18 heavy (non-hydrogen) atoms. The van der Waals surface area contributed by atoms with Gasteiger partial charge in [0.05, 0.1) is 10.8 Å². The number of carboxylic acid groups (broad SMARTS) is 1. The molecular weight excluding hydrogens is 301 g/mol. The minimum Gasteiger partial charge on any atom is -0.481 e. The molecule has 8 heteroatoms. The molecule has 0 bridgehead atoms. The van der Waals surface area contributed by atoms with Crippen LogP contribution in [0, 0.1) is 5.92 Å². The Morgan fingerprint density at radius 2 is 1.78 bits per heavy atom. The number of benzene rings is 1. The van der Waals surface area contributed by atoms with Gasteiger partial charge in [0, 0.05) is 5.92 Å². The van der Waals surface area contributed by atoms with E-state index in [1.807, 2.05) is 0 Å². The van der Waals surface area contributed by atoms with Gasteiger partial charge < -0.3 is 5.11 Å². The smallest absolute Gasteiger partial charge is 0.310 e. The summed E-state index contributed by atoms with van der Waals surface area (Å²) in [6.45, 7) is 0. The van der Waals surface area contributed by atoms with Crippen LogP contribution in [0.3, 0.4) is 0 Å². The van der Waals surface area contributed by atoms with Crippen LogP contribution in [0.15, 0.2) is 29.2 Å². The summed E-state index contributed by atoms with van der Waals surface area (Å²) in [6.07, 6.45) is 0. The fourth-order valence-corrected chi connectivity index (χ4v) is 3.25. The van der Waals surface area contributed by atoms with Crippen LogP contribution < -0.4 is 5.14 Å². The second-order valence-electron chi connectivity index (χ2n) is 4.08. The molecule has 1 aliphatic rings. The third kappa shape index (κ3) is 2.21. The Morgan fingerprint density at radius 1 is 1.28 bits per heavy atom. The first-order valence-electron chi connectivity index (χ1n) is 4.89. The predicted molar refractivity (Wildman–Crippen MR) is 66.1 cm³/mol. The number of nitrogens with two attached hydrogens (primary N) is 1. The highest BCUT2D eigenvalue weighted by Gasteiger charge is 2.68. The fraction of sp³-hybridized carbons (Fsp3) is 0.300. The first kappa shape index (κ1) is 13.6. The first-order chi connectivity index (χ1) is 8.15. The van der Waals surface area contributed by atoms with E-state index in [0.717, 1.165) is 0 Å². The molecular formula is C10H9Cl2NO4S. The van der Waals surface area contributed by atoms with Gasteiger partial charge >= 0.3 is 5.97 Å². The van der Waals surface area contributed by atoms with Crippen molar-refractivity contribution in [1.82, 2.24) is 0 Å². The third-order valence-corrected chi connectivity index (χ3v) is 4.76. The fourth-order valence-electron chi connectivity index (χ4n) is 1.91. The highest BCUT2D eigenvalue weighted by molar-refractivity contribution is 7.89. The van der Waals surface area contributed by atoms with E-state index in [4.69, 9.17) is 33.4 Å². The van der Waals surface area contributed by atoms with Gasteiger partial charge in [-0.15, -0.1) is 0 Å². The molecule has 1 saturated carbocycles. The lowest BCUT2D eigenvalue weighted by atomic mass is 10.1. The molecule has 2 rings (SSSR count). The van der Waals surface area contributed by atoms with Gasteiger partial charge in [0.1, 0.15) is 4.33 Å². The van der Waals surface area contributed by atoms with E-state index >= 15 is 0 Å². The zero-order valence-electron chi connectivity index (χ0n) is 8.88. The van der Waals surface area contributed by atoms with E-state index in [-0.39, 0.29) is 4.90 Å². The topological polar surface area (TPSA) is 97.5 Å². The second kappa shape index (κ2) is 4.09. The minimum atomic E-state index is -3.77. The molecule has 0 heterocycles. The third-order valence-electron chi connectivity index (χ3n) is 2.89. The van der Waals surface area contributed by atoms with E-state index < -0.39 is 32.2 Å². The summed E-state index contributed by atoms with van der Waals surface area (Å²) in [6, 6.07) is 5.53. The van der Waals surface area contributed by atoms with Crippen LogP contribution in [0.2, 0.25) is 0 Å². The van der Waals surface area contributed by atoms with Gasteiger partial charge in [-0.25, -0.2) is 13.6 Å². The predicted octanol–water partition coefficient (Wildman–Crippen LogP) is 1.31. The lowest BCUT2D eigenvalue weighted by Crippen LogP contribution is -2.11. The first-order valence-corrected chi connectivity index (χ1v) is 7.19. The molecule has 0 aliphatic heterocycles. The zero-order valence-corrected chi connectivity index (χ0v) is 11.2. The minimum absolute atomic E-state index is 0.0477. The standard InChI is InChI=1S/C10H9Cl2NO4S/c11-10(12)7(8(10)9(14)15)5-1-3-6(4-2-5)18(13,16)17/h1-4,7-8H,(H,14,15)(H2,13,16,17)/t7?,8-/m0/s1. The van der Waals surface area contributed by atoms with E-state index in [2.05, 4.69) is 0 Å². The Bertz CT molecular complexity index is 597. The van der Waals surface area contributed by atoms with Crippen molar-refractivity contribution in [3.63, 3.8) is 0 Å². The summed E-state index contributed by atoms with van der Waals surface area (Å²) < 4.78 is 20.8. The second-order valence-corrected chi connectivity index (χ2v) is 7.09. The summed E-state index contributed by atoms with van der Waals surface area (Å²) in [4.78, 5) is 10.9. The van der Waals surface area contributed by atoms with Gasteiger partial charge in [-0.2, -0.15) is 0 Å². The summed E-state index contributed by atoms with van der Waals surface area (Å²) in [5.41, 5.74) is 0.569. The number of carboxylic acids is 1. The van der Waals surface area contributed by atoms with E-state index in [9.17, 15) is 13.2 Å². The number of alkyl halides is 2. The Kier molecular flexibility index (Phi) is 3.09. The van der Waals surface area contributed by atoms with Crippen LogP contribution in [0.4, 0.5) is 0 Å². The maximum absolute atomic E-state index is 11.1. The number of aliphatic carboxylic acids is 1. The van der Waals surface area contributed by atoms with Gasteiger partial charge in [0.2, 0.25) is 10.0 Å². The van der Waals surface area contributed by atoms with Crippen LogP contribution in [0.5, 0.6) is 0 Å². The molecule has 1 unspecified atom stereocenters. The van der Waals surface area contributed by atoms with Crippen LogP contribution in [0.1, 0.15) is 11.5 Å². The van der Waals surface area contributed by atoms with Crippen LogP contribution in [0.25, 0.3) is 0 Å². The lowest BCUT2D eigenvalue weighted by molar-refractivity contribution is -0.138. The number of hydrogen-bond donors (Lipinski definition) is 2. The summed E-state index contributed by atoms with van der Waals surface area (Å²) in [5, 5.41) is 13.9. The zero-order chi connectivity index (χ0) is 13.7. The Morgan fingerprint density at radius 3 is 2.11 bits per heavy atom. The number of rotatable bonds is 3. The monoisotopic (exact) mass is 309 g/mol. The average molecular weight is 310 g/mol. The Labute approximate surface area is 114 Å². The normalized spacial score (nSPS) is 25.7. The average Bonchev–Trinajstić information content (AvgIpc) is 2.80. The van der Waals surface area contributed by atoms with Gasteiger partial charge in [0.25, 0.3) is 0 Å². The summed E-state index contributed by atoms with van der Waals surface area (Å²) >= 11 is 11.7. The Hall–Kier alpha value is -0.820. The highest BCUT2D eigenvalue weighted by atomic mass is 35.5. The van der Waals surface area contributed by atoms with E-state index in [1.165, 1.54) is 24.3 Å². The number of sulfonamides is 1. The lowest BCUT2D eigenvalue weighted by Gasteiger charge is -2.02. The van der Waals surface area contributed by atoms with Crippen molar-refractivity contribution in [1.29, 1.82) is 0 Å². The maximum atomic E-state index is 11.1. The van der Waals surface area contributed by atoms with Crippen molar-refractivity contribution in [2.45, 2.75) is 15.1 Å². The maximum Gasteiger partial charge on any atom is 0.310 e. The van der Waals surface area contributed by atoms with Crippen molar-refractivity contribution in [2.24, 2.45) is 11.1 Å². The highest BCUT2D eigenvalue weighted by Crippen LogP contribution is 2.64. The molecule has 1 fully saturated rings. The van der Waals surface area contributed by atoms with Gasteiger partial charge in [0.15, 0.2) is 0 Å². The van der Waals surface area contributed by atoms with Gasteiger partial charge in [-0.05, 0) is 17.7 Å². The SMILES string of the molecule is NS(=O)(=O)c1ccc(C2[C@@H](C(=O)O)C2(Cl)Cl)cc1. The van der Waals surface area contributed by atoms with Crippen LogP contribution >= 0.6 is 23.2 Å². The number of hydrogen-bond acceptors (Lipinski definition) is 3. The molecule has 0 amide bonds. The molecule has 1 aromatic rings. The number of halogens is 2. The van der Waals surface area contributed by atoms with Crippen LogP contribution in [-0.2, 0) is 14.8 Å². The molecule has 0 aromatic heterocycles. The molecule has 3 N–H and O–H groups in total. The van der Waals surface area contributed by atoms with E-state index in [0.29, 0.717) is 5.56 Å². The van der Waals surface area contributed by atoms with E-state index in [1.54, 1.807) is 0 Å². The molecule has 98 valence electrons. The van der Waals surface area contributed by atoms with Gasteiger partial charge in [-0.1, -0.05) is 35.3 Å². The van der Waals surface area contributed by atoms with Crippen molar-refractivity contribution < 1.29 is 18.3 Å². The summed E-state index contributed by atoms with van der Waals surface area (Å²) in [7, 11) is -3.77. The molecule has 0 radical (unpaired) electrons. The van der Waals surface area contributed by atoms with Crippen LogP contribution in [-0.4, -0.2) is 23.8 Å². The molecule has 1 aromatic carbocycles. The molecule has 2 atom stereocenters. The van der Waals surface area contributed by atoms with Crippen molar-refractivity contribution >= 4 is 39.2 Å². The van der Waals surface area contributed by atoms with Crippen molar-refractivity contribution in [3.05, 3.63) is 29.8 Å². The summed E-state index contributed by atoms with van der Waals surface area (Å²) in [5.74, 6) is -2.52. The molecule has 0 saturated heterocycles. The Balaban J connectivity index is 2.30. The largest absolute Gasteiger partial charge is 0.481 e. The molecule has 0 spiro atoms. The van der Waals surface area contributed by atoms with Gasteiger partial charge in [-0.3, -0.25) is 4.79 Å². The number of carbonyl (C=O) groups is 1. The van der Waals surface area contributed by atoms with Crippen molar-refractivity contribution in [3.8, 4) is 0 Å². The number of primary sulfonamides is 1. The molecule has 1 aliphatic carbocycles. The van der Waals surface area contributed by atoms with Crippen molar-refractivity contribution in [2.75, 3.05) is 0 Å². The quantitative estimate of drug-likeness (QED) is 0.822.